The molecule has 1 aliphatic rings. The number of nitrogens with one attached hydrogen (secondary N) is 1. The third-order valence-electron chi connectivity index (χ3n) is 3.24. The maximum Gasteiger partial charge on any atom is 0.148 e. The fourth-order valence-electron chi connectivity index (χ4n) is 2.00. The van der Waals surface area contributed by atoms with Gasteiger partial charge in [-0.3, -0.25) is 4.68 Å². The number of nitrogens with zero attached hydrogens (tertiary/aromatic N) is 5. The van der Waals surface area contributed by atoms with Gasteiger partial charge >= 0.3 is 0 Å². The highest BCUT2D eigenvalue weighted by molar-refractivity contribution is 5.03. The Morgan fingerprint density at radius 2 is 2.22 bits per heavy atom. The molecule has 2 heterocycles. The second-order valence-electron chi connectivity index (χ2n) is 4.63. The van der Waals surface area contributed by atoms with E-state index >= 15 is 0 Å². The molecule has 6 heteroatoms. The third kappa shape index (κ3) is 2.43. The summed E-state index contributed by atoms with van der Waals surface area (Å²) in [6.07, 6.45) is 6.05. The Balaban J connectivity index is 1.69. The fraction of sp³-hybridized carbons (Fsp3) is 0.583. The molecule has 2 aromatic rings. The van der Waals surface area contributed by atoms with E-state index in [-0.39, 0.29) is 0 Å². The average molecular weight is 246 g/mol. The van der Waals surface area contributed by atoms with Crippen LogP contribution in [0.3, 0.4) is 0 Å². The fourth-order valence-corrected chi connectivity index (χ4v) is 2.00. The number of hydrogen-bond donors (Lipinski definition) is 1. The number of aryl methyl sites for hydroxylation is 1. The average Bonchev–Trinajstić information content (AvgIpc) is 2.94. The van der Waals surface area contributed by atoms with Gasteiger partial charge < -0.3 is 5.32 Å². The summed E-state index contributed by atoms with van der Waals surface area (Å²) in [4.78, 5) is 4.28. The summed E-state index contributed by atoms with van der Waals surface area (Å²) in [7, 11) is 0. The molecule has 96 valence electrons. The van der Waals surface area contributed by atoms with Crippen molar-refractivity contribution in [2.75, 3.05) is 0 Å². The first-order valence-corrected chi connectivity index (χ1v) is 6.47. The van der Waals surface area contributed by atoms with Crippen LogP contribution in [0, 0.1) is 0 Å². The van der Waals surface area contributed by atoms with E-state index in [9.17, 15) is 0 Å². The predicted molar refractivity (Wildman–Crippen MR) is 66.9 cm³/mol. The van der Waals surface area contributed by atoms with Crippen LogP contribution >= 0.6 is 0 Å². The molecule has 3 rings (SSSR count). The maximum absolute atomic E-state index is 4.36. The molecule has 0 amide bonds. The molecule has 2 aromatic heterocycles. The highest BCUT2D eigenvalue weighted by atomic mass is 15.4. The zero-order chi connectivity index (χ0) is 12.4. The van der Waals surface area contributed by atoms with Crippen molar-refractivity contribution >= 4 is 0 Å². The van der Waals surface area contributed by atoms with Crippen LogP contribution in [0.1, 0.15) is 31.3 Å². The number of aromatic nitrogens is 5. The first-order valence-electron chi connectivity index (χ1n) is 6.47. The van der Waals surface area contributed by atoms with Gasteiger partial charge in [0.05, 0.1) is 5.69 Å². The Hall–Kier alpha value is -1.69. The Morgan fingerprint density at radius 3 is 3.00 bits per heavy atom. The van der Waals surface area contributed by atoms with Crippen LogP contribution in [0.15, 0.2) is 18.6 Å². The van der Waals surface area contributed by atoms with Crippen LogP contribution in [0.25, 0.3) is 0 Å². The minimum Gasteiger partial charge on any atom is -0.308 e. The minimum absolute atomic E-state index is 0.683. The Morgan fingerprint density at radius 1 is 1.33 bits per heavy atom. The van der Waals surface area contributed by atoms with E-state index in [1.807, 2.05) is 15.6 Å². The van der Waals surface area contributed by atoms with E-state index in [1.54, 1.807) is 6.33 Å². The zero-order valence-corrected chi connectivity index (χ0v) is 10.6. The van der Waals surface area contributed by atoms with E-state index in [2.05, 4.69) is 33.5 Å². The molecule has 1 N–H and O–H groups in total. The smallest absolute Gasteiger partial charge is 0.148 e. The summed E-state index contributed by atoms with van der Waals surface area (Å²) in [6.45, 7) is 4.47. The van der Waals surface area contributed by atoms with Gasteiger partial charge in [0.15, 0.2) is 0 Å². The Bertz CT molecular complexity index is 510. The molecule has 0 aromatic carbocycles. The Labute approximate surface area is 106 Å². The topological polar surface area (TPSA) is 60.6 Å². The molecule has 1 saturated carbocycles. The van der Waals surface area contributed by atoms with Gasteiger partial charge in [0.2, 0.25) is 0 Å². The van der Waals surface area contributed by atoms with Crippen molar-refractivity contribution in [1.82, 2.24) is 29.9 Å². The summed E-state index contributed by atoms with van der Waals surface area (Å²) in [5.74, 6) is 0.953. The quantitative estimate of drug-likeness (QED) is 0.819. The monoisotopic (exact) mass is 246 g/mol. The minimum atomic E-state index is 0.683. The molecular weight excluding hydrogens is 228 g/mol. The molecule has 1 aliphatic carbocycles. The second-order valence-corrected chi connectivity index (χ2v) is 4.63. The van der Waals surface area contributed by atoms with Gasteiger partial charge in [-0.15, -0.1) is 0 Å². The molecule has 0 unspecified atom stereocenters. The van der Waals surface area contributed by atoms with Crippen molar-refractivity contribution in [3.63, 3.8) is 0 Å². The summed E-state index contributed by atoms with van der Waals surface area (Å²) in [5.41, 5.74) is 1.20. The van der Waals surface area contributed by atoms with Crippen molar-refractivity contribution in [2.45, 2.75) is 45.4 Å². The van der Waals surface area contributed by atoms with Crippen molar-refractivity contribution < 1.29 is 0 Å². The highest BCUT2D eigenvalue weighted by Crippen LogP contribution is 2.19. The molecular formula is C12H18N6. The van der Waals surface area contributed by atoms with Gasteiger partial charge in [0, 0.05) is 25.3 Å². The van der Waals surface area contributed by atoms with Gasteiger partial charge in [0.25, 0.3) is 0 Å². The van der Waals surface area contributed by atoms with E-state index < -0.39 is 0 Å². The van der Waals surface area contributed by atoms with E-state index in [0.717, 1.165) is 18.9 Å². The van der Waals surface area contributed by atoms with E-state index in [1.165, 1.54) is 18.5 Å². The first kappa shape index (κ1) is 11.4. The lowest BCUT2D eigenvalue weighted by Crippen LogP contribution is -2.20. The molecule has 0 radical (unpaired) electrons. The van der Waals surface area contributed by atoms with Crippen LogP contribution in [-0.2, 0) is 19.6 Å². The van der Waals surface area contributed by atoms with Crippen LogP contribution < -0.4 is 5.32 Å². The molecule has 0 atom stereocenters. The zero-order valence-electron chi connectivity index (χ0n) is 10.6. The molecule has 6 nitrogen and oxygen atoms in total. The van der Waals surface area contributed by atoms with Gasteiger partial charge in [-0.2, -0.15) is 10.2 Å². The van der Waals surface area contributed by atoms with Gasteiger partial charge in [-0.05, 0) is 25.8 Å². The molecule has 0 aliphatic heterocycles. The Kier molecular flexibility index (Phi) is 3.10. The predicted octanol–water partition coefficient (Wildman–Crippen LogP) is 0.795. The van der Waals surface area contributed by atoms with Gasteiger partial charge in [-0.25, -0.2) is 9.67 Å². The van der Waals surface area contributed by atoms with Crippen LogP contribution in [-0.4, -0.2) is 30.6 Å². The summed E-state index contributed by atoms with van der Waals surface area (Å²) >= 11 is 0. The summed E-state index contributed by atoms with van der Waals surface area (Å²) < 4.78 is 3.89. The summed E-state index contributed by atoms with van der Waals surface area (Å²) in [6, 6.07) is 2.77. The van der Waals surface area contributed by atoms with Gasteiger partial charge in [-0.1, -0.05) is 0 Å². The van der Waals surface area contributed by atoms with Crippen LogP contribution in [0.4, 0.5) is 0 Å². The first-order chi connectivity index (χ1) is 8.86. The van der Waals surface area contributed by atoms with Crippen molar-refractivity contribution in [3.05, 3.63) is 30.1 Å². The lowest BCUT2D eigenvalue weighted by molar-refractivity contribution is 0.541. The second kappa shape index (κ2) is 4.89. The SMILES string of the molecule is CCn1ncnc1Cn1nccc1CNC1CC1. The van der Waals surface area contributed by atoms with Crippen LogP contribution in [0.2, 0.25) is 0 Å². The molecule has 1 fully saturated rings. The summed E-state index contributed by atoms with van der Waals surface area (Å²) in [5, 5.41) is 12.0. The van der Waals surface area contributed by atoms with Gasteiger partial charge in [0.1, 0.15) is 18.7 Å². The number of rotatable bonds is 6. The molecule has 0 bridgehead atoms. The van der Waals surface area contributed by atoms with Crippen LogP contribution in [0.5, 0.6) is 0 Å². The van der Waals surface area contributed by atoms with Crippen molar-refractivity contribution in [1.29, 1.82) is 0 Å². The van der Waals surface area contributed by atoms with E-state index in [0.29, 0.717) is 12.6 Å². The standard InChI is InChI=1S/C12H18N6/c1-2-17-12(14-9-16-17)8-18-11(5-6-15-18)7-13-10-3-4-10/h5-6,9-10,13H,2-4,7-8H2,1H3. The molecule has 18 heavy (non-hydrogen) atoms. The normalized spacial score (nSPS) is 15.2. The molecule has 0 saturated heterocycles. The van der Waals surface area contributed by atoms with E-state index in [4.69, 9.17) is 0 Å². The largest absolute Gasteiger partial charge is 0.308 e. The molecule has 0 spiro atoms. The highest BCUT2D eigenvalue weighted by Gasteiger charge is 2.20. The van der Waals surface area contributed by atoms with Crippen molar-refractivity contribution in [3.8, 4) is 0 Å². The lowest BCUT2D eigenvalue weighted by Gasteiger charge is -2.08. The lowest BCUT2D eigenvalue weighted by atomic mass is 10.4. The van der Waals surface area contributed by atoms with Crippen molar-refractivity contribution in [2.24, 2.45) is 0 Å². The maximum atomic E-state index is 4.36. The number of hydrogen-bond acceptors (Lipinski definition) is 4. The third-order valence-corrected chi connectivity index (χ3v) is 3.24.